The first-order valence-electron chi connectivity index (χ1n) is 12.4. The van der Waals surface area contributed by atoms with Crippen LogP contribution >= 0.6 is 0 Å². The number of amidine groups is 1. The van der Waals surface area contributed by atoms with Crippen LogP contribution in [0.2, 0.25) is 0 Å². The van der Waals surface area contributed by atoms with Gasteiger partial charge in [-0.1, -0.05) is 12.8 Å². The van der Waals surface area contributed by atoms with Gasteiger partial charge in [0.15, 0.2) is 5.75 Å². The number of benzene rings is 2. The minimum Gasteiger partial charge on any atom is -0.497 e. The largest absolute Gasteiger partial charge is 0.497 e. The molecule has 1 aliphatic carbocycles. The van der Waals surface area contributed by atoms with Crippen LogP contribution in [0, 0.1) is 5.92 Å². The minimum absolute atomic E-state index is 0.0606. The van der Waals surface area contributed by atoms with E-state index in [1.807, 2.05) is 16.7 Å². The Labute approximate surface area is 208 Å². The molecular formula is C27H30F3N3O3. The molecule has 0 N–H and O–H groups in total. The second-order valence-electron chi connectivity index (χ2n) is 9.82. The number of amides is 1. The molecule has 0 aromatic heterocycles. The number of rotatable bonds is 3. The van der Waals surface area contributed by atoms with Crippen molar-refractivity contribution in [3.63, 3.8) is 0 Å². The first kappa shape index (κ1) is 24.5. The van der Waals surface area contributed by atoms with E-state index in [-0.39, 0.29) is 23.4 Å². The lowest BCUT2D eigenvalue weighted by molar-refractivity contribution is -0.137. The normalized spacial score (nSPS) is 20.2. The van der Waals surface area contributed by atoms with Crippen LogP contribution < -0.4 is 9.47 Å². The van der Waals surface area contributed by atoms with Crippen molar-refractivity contribution in [3.8, 4) is 17.2 Å². The summed E-state index contributed by atoms with van der Waals surface area (Å²) >= 11 is 0. The van der Waals surface area contributed by atoms with Gasteiger partial charge in [-0.25, -0.2) is 4.99 Å². The van der Waals surface area contributed by atoms with Crippen molar-refractivity contribution in [2.24, 2.45) is 10.9 Å². The third-order valence-corrected chi connectivity index (χ3v) is 7.35. The topological polar surface area (TPSA) is 54.4 Å². The lowest BCUT2D eigenvalue weighted by Gasteiger charge is -2.41. The van der Waals surface area contributed by atoms with Crippen molar-refractivity contribution in [3.05, 3.63) is 47.5 Å². The number of piperazine rings is 1. The molecule has 1 saturated heterocycles. The summed E-state index contributed by atoms with van der Waals surface area (Å²) in [5.41, 5.74) is -0.0355. The second-order valence-corrected chi connectivity index (χ2v) is 9.82. The summed E-state index contributed by atoms with van der Waals surface area (Å²) in [6.07, 6.45) is 0.733. The third-order valence-electron chi connectivity index (χ3n) is 7.35. The lowest BCUT2D eigenvalue weighted by atomic mass is 10.0. The van der Waals surface area contributed by atoms with Crippen LogP contribution in [0.3, 0.4) is 0 Å². The van der Waals surface area contributed by atoms with E-state index in [0.717, 1.165) is 25.0 Å². The number of halogens is 3. The van der Waals surface area contributed by atoms with Gasteiger partial charge < -0.3 is 19.3 Å². The molecule has 192 valence electrons. The molecule has 1 atom stereocenters. The number of carbonyl (C=O) groups is 1. The van der Waals surface area contributed by atoms with E-state index < -0.39 is 11.7 Å². The molecule has 2 fully saturated rings. The van der Waals surface area contributed by atoms with E-state index in [1.54, 1.807) is 25.3 Å². The van der Waals surface area contributed by atoms with Gasteiger partial charge in [-0.3, -0.25) is 4.79 Å². The Balaban J connectivity index is 1.46. The standard InChI is InChI=1S/C27H30F3N3O3/c1-17-16-32(11-12-33(17)25(34)13-18-5-3-4-6-18)26-21-15-20(35-2)8-10-23(21)36-24-9-7-19(27(28,29)30)14-22(24)31-26/h7-10,14-15,17-18H,3-6,11-13,16H2,1-2H3/t17-/m1/s1. The van der Waals surface area contributed by atoms with Gasteiger partial charge in [0.2, 0.25) is 5.91 Å². The first-order chi connectivity index (χ1) is 17.2. The molecule has 5 rings (SSSR count). The van der Waals surface area contributed by atoms with Gasteiger partial charge in [-0.2, -0.15) is 13.2 Å². The number of carbonyl (C=O) groups excluding carboxylic acids is 1. The maximum atomic E-state index is 13.4. The van der Waals surface area contributed by atoms with Gasteiger partial charge in [0.25, 0.3) is 0 Å². The average molecular weight is 502 g/mol. The maximum Gasteiger partial charge on any atom is 0.416 e. The Morgan fingerprint density at radius 2 is 1.86 bits per heavy atom. The van der Waals surface area contributed by atoms with Crippen molar-refractivity contribution in [2.75, 3.05) is 26.7 Å². The Morgan fingerprint density at radius 1 is 1.11 bits per heavy atom. The average Bonchev–Trinajstić information content (AvgIpc) is 3.29. The molecule has 6 nitrogen and oxygen atoms in total. The number of hydrogen-bond donors (Lipinski definition) is 0. The predicted molar refractivity (Wildman–Crippen MR) is 130 cm³/mol. The summed E-state index contributed by atoms with van der Waals surface area (Å²) in [5.74, 6) is 2.50. The molecule has 9 heteroatoms. The van der Waals surface area contributed by atoms with E-state index in [4.69, 9.17) is 14.5 Å². The molecule has 2 aromatic carbocycles. The Morgan fingerprint density at radius 3 is 2.56 bits per heavy atom. The monoisotopic (exact) mass is 501 g/mol. The zero-order valence-corrected chi connectivity index (χ0v) is 20.5. The van der Waals surface area contributed by atoms with Crippen molar-refractivity contribution in [2.45, 2.75) is 51.2 Å². The van der Waals surface area contributed by atoms with Crippen molar-refractivity contribution in [1.82, 2.24) is 9.80 Å². The number of nitrogens with zero attached hydrogens (tertiary/aromatic N) is 3. The number of hydrogen-bond acceptors (Lipinski definition) is 5. The van der Waals surface area contributed by atoms with Crippen molar-refractivity contribution >= 4 is 17.4 Å². The first-order valence-corrected chi connectivity index (χ1v) is 12.4. The van der Waals surface area contributed by atoms with Crippen LogP contribution in [-0.2, 0) is 11.0 Å². The summed E-state index contributed by atoms with van der Waals surface area (Å²) in [4.78, 5) is 21.7. The SMILES string of the molecule is COc1ccc2c(c1)C(N1CCN(C(=O)CC3CCCC3)[C@H](C)C1)=Nc1cc(C(F)(F)F)ccc1O2. The van der Waals surface area contributed by atoms with Gasteiger partial charge in [0.1, 0.15) is 23.0 Å². The fourth-order valence-corrected chi connectivity index (χ4v) is 5.40. The highest BCUT2D eigenvalue weighted by atomic mass is 19.4. The molecule has 0 bridgehead atoms. The summed E-state index contributed by atoms with van der Waals surface area (Å²) in [5, 5.41) is 0. The number of aliphatic imine (C=N–C) groups is 1. The fourth-order valence-electron chi connectivity index (χ4n) is 5.40. The Bertz CT molecular complexity index is 1170. The van der Waals surface area contributed by atoms with Crippen molar-refractivity contribution in [1.29, 1.82) is 0 Å². The van der Waals surface area contributed by atoms with Gasteiger partial charge in [0.05, 0.1) is 18.2 Å². The molecule has 2 aliphatic heterocycles. The fraction of sp³-hybridized carbons (Fsp3) is 0.481. The molecule has 36 heavy (non-hydrogen) atoms. The molecule has 0 spiro atoms. The summed E-state index contributed by atoms with van der Waals surface area (Å²) in [6.45, 7) is 3.57. The Hall–Kier alpha value is -3.23. The van der Waals surface area contributed by atoms with Crippen LogP contribution in [0.5, 0.6) is 17.2 Å². The molecule has 3 aliphatic rings. The van der Waals surface area contributed by atoms with E-state index in [1.165, 1.54) is 18.9 Å². The summed E-state index contributed by atoms with van der Waals surface area (Å²) in [7, 11) is 1.55. The molecular weight excluding hydrogens is 471 g/mol. The smallest absolute Gasteiger partial charge is 0.416 e. The second kappa shape index (κ2) is 9.67. The van der Waals surface area contributed by atoms with Gasteiger partial charge in [0, 0.05) is 32.1 Å². The predicted octanol–water partition coefficient (Wildman–Crippen LogP) is 6.01. The Kier molecular flexibility index (Phi) is 6.57. The third kappa shape index (κ3) is 4.88. The zero-order valence-electron chi connectivity index (χ0n) is 20.5. The maximum absolute atomic E-state index is 13.4. The number of fused-ring (bicyclic) bond motifs is 2. The van der Waals surface area contributed by atoms with Crippen LogP contribution in [0.4, 0.5) is 18.9 Å². The van der Waals surface area contributed by atoms with Gasteiger partial charge in [-0.05, 0) is 62.1 Å². The van der Waals surface area contributed by atoms with Crippen LogP contribution in [0.25, 0.3) is 0 Å². The minimum atomic E-state index is -4.49. The highest BCUT2D eigenvalue weighted by molar-refractivity contribution is 6.04. The van der Waals surface area contributed by atoms with Crippen molar-refractivity contribution < 1.29 is 27.4 Å². The zero-order chi connectivity index (χ0) is 25.4. The number of methoxy groups -OCH3 is 1. The van der Waals surface area contributed by atoms with E-state index in [9.17, 15) is 18.0 Å². The van der Waals surface area contributed by atoms with Gasteiger partial charge in [-0.15, -0.1) is 0 Å². The van der Waals surface area contributed by atoms with E-state index in [0.29, 0.717) is 54.9 Å². The molecule has 2 aromatic rings. The molecule has 0 unspecified atom stereocenters. The molecule has 1 saturated carbocycles. The molecule has 2 heterocycles. The van der Waals surface area contributed by atoms with Gasteiger partial charge >= 0.3 is 6.18 Å². The van der Waals surface area contributed by atoms with Crippen LogP contribution in [-0.4, -0.2) is 54.3 Å². The van der Waals surface area contributed by atoms with Crippen LogP contribution in [0.1, 0.15) is 50.2 Å². The lowest BCUT2D eigenvalue weighted by Crippen LogP contribution is -2.55. The van der Waals surface area contributed by atoms with E-state index in [2.05, 4.69) is 0 Å². The number of ether oxygens (including phenoxy) is 2. The quantitative estimate of drug-likeness (QED) is 0.517. The summed E-state index contributed by atoms with van der Waals surface area (Å²) < 4.78 is 51.7. The highest BCUT2D eigenvalue weighted by Gasteiger charge is 2.35. The number of alkyl halides is 3. The highest BCUT2D eigenvalue weighted by Crippen LogP contribution is 2.42. The molecule has 1 amide bonds. The molecule has 0 radical (unpaired) electrons. The van der Waals surface area contributed by atoms with E-state index >= 15 is 0 Å². The summed E-state index contributed by atoms with van der Waals surface area (Å²) in [6, 6.07) is 8.53. The van der Waals surface area contributed by atoms with Crippen LogP contribution in [0.15, 0.2) is 41.4 Å².